The third kappa shape index (κ3) is 2.42. The Labute approximate surface area is 101 Å². The molecule has 1 aromatic rings. The van der Waals surface area contributed by atoms with Crippen LogP contribution in [0.1, 0.15) is 18.9 Å². The molecule has 0 radical (unpaired) electrons. The van der Waals surface area contributed by atoms with Crippen LogP contribution in [-0.4, -0.2) is 34.8 Å². The monoisotopic (exact) mass is 235 g/mol. The van der Waals surface area contributed by atoms with Crippen LogP contribution in [0.3, 0.4) is 0 Å². The van der Waals surface area contributed by atoms with Crippen LogP contribution in [0.2, 0.25) is 0 Å². The molecule has 17 heavy (non-hydrogen) atoms. The molecule has 4 heteroatoms. The molecule has 0 aromatic heterocycles. The third-order valence-electron chi connectivity index (χ3n) is 3.29. The van der Waals surface area contributed by atoms with E-state index in [1.807, 2.05) is 37.3 Å². The molecule has 0 bridgehead atoms. The summed E-state index contributed by atoms with van der Waals surface area (Å²) < 4.78 is 5.21. The van der Waals surface area contributed by atoms with E-state index in [0.29, 0.717) is 6.54 Å². The number of likely N-dealkylation sites (tertiary alicyclic amines) is 1. The molecule has 1 aliphatic heterocycles. The lowest BCUT2D eigenvalue weighted by Gasteiger charge is -2.48. The van der Waals surface area contributed by atoms with Gasteiger partial charge in [0.05, 0.1) is 12.1 Å². The van der Waals surface area contributed by atoms with Gasteiger partial charge in [-0.1, -0.05) is 30.3 Å². The summed E-state index contributed by atoms with van der Waals surface area (Å²) in [6, 6.07) is 9.56. The molecule has 1 amide bonds. The van der Waals surface area contributed by atoms with Crippen LogP contribution in [0.15, 0.2) is 30.3 Å². The molecular weight excluding hydrogens is 218 g/mol. The maximum Gasteiger partial charge on any atom is 0.410 e. The molecule has 1 aliphatic rings. The Morgan fingerprint density at radius 2 is 2.18 bits per heavy atom. The van der Waals surface area contributed by atoms with Crippen LogP contribution < -0.4 is 0 Å². The van der Waals surface area contributed by atoms with Crippen LogP contribution in [0.5, 0.6) is 0 Å². The number of aliphatic hydroxyl groups excluding tert-OH is 1. The lowest BCUT2D eigenvalue weighted by molar-refractivity contribution is -0.0365. The standard InChI is InChI=1S/C13H17NO3/c1-13(10-15)7-8-14(13)12(16)17-9-11-5-3-2-4-6-11/h2-6,15H,7-10H2,1H3/t13-/m0/s1. The van der Waals surface area contributed by atoms with Crippen molar-refractivity contribution in [1.29, 1.82) is 0 Å². The minimum atomic E-state index is -0.437. The Kier molecular flexibility index (Phi) is 3.33. The summed E-state index contributed by atoms with van der Waals surface area (Å²) in [5, 5.41) is 9.20. The molecule has 1 atom stereocenters. The van der Waals surface area contributed by atoms with Crippen molar-refractivity contribution in [3.63, 3.8) is 0 Å². The zero-order valence-electron chi connectivity index (χ0n) is 9.93. The Morgan fingerprint density at radius 1 is 1.47 bits per heavy atom. The molecule has 2 rings (SSSR count). The number of rotatable bonds is 3. The predicted molar refractivity (Wildman–Crippen MR) is 63.4 cm³/mol. The zero-order valence-corrected chi connectivity index (χ0v) is 9.93. The number of nitrogens with zero attached hydrogens (tertiary/aromatic N) is 1. The van der Waals surface area contributed by atoms with Gasteiger partial charge in [-0.3, -0.25) is 0 Å². The van der Waals surface area contributed by atoms with Gasteiger partial charge < -0.3 is 14.7 Å². The van der Waals surface area contributed by atoms with Crippen LogP contribution in [0, 0.1) is 0 Å². The van der Waals surface area contributed by atoms with E-state index >= 15 is 0 Å². The second-order valence-electron chi connectivity index (χ2n) is 4.60. The van der Waals surface area contributed by atoms with Gasteiger partial charge in [-0.15, -0.1) is 0 Å². The normalized spacial score (nSPS) is 23.1. The summed E-state index contributed by atoms with van der Waals surface area (Å²) in [7, 11) is 0. The second-order valence-corrected chi connectivity index (χ2v) is 4.60. The molecule has 1 aromatic carbocycles. The quantitative estimate of drug-likeness (QED) is 0.868. The summed E-state index contributed by atoms with van der Waals surface area (Å²) >= 11 is 0. The van der Waals surface area contributed by atoms with Crippen LogP contribution >= 0.6 is 0 Å². The minimum Gasteiger partial charge on any atom is -0.445 e. The number of ether oxygens (including phenoxy) is 1. The maximum atomic E-state index is 11.8. The lowest BCUT2D eigenvalue weighted by Crippen LogP contribution is -2.62. The summed E-state index contributed by atoms with van der Waals surface area (Å²) in [4.78, 5) is 13.3. The number of carbonyl (C=O) groups is 1. The Bertz CT molecular complexity index is 389. The third-order valence-corrected chi connectivity index (χ3v) is 3.29. The van der Waals surface area contributed by atoms with Crippen LogP contribution in [0.25, 0.3) is 0 Å². The van der Waals surface area contributed by atoms with Crippen molar-refractivity contribution in [3.8, 4) is 0 Å². The first-order valence-electron chi connectivity index (χ1n) is 5.75. The van der Waals surface area contributed by atoms with Crippen molar-refractivity contribution < 1.29 is 14.6 Å². The summed E-state index contributed by atoms with van der Waals surface area (Å²) in [5.41, 5.74) is 0.528. The Morgan fingerprint density at radius 3 is 2.71 bits per heavy atom. The summed E-state index contributed by atoms with van der Waals surface area (Å²) in [6.07, 6.45) is 0.473. The molecule has 0 spiro atoms. The molecule has 1 heterocycles. The van der Waals surface area contributed by atoms with Crippen molar-refractivity contribution in [2.24, 2.45) is 0 Å². The van der Waals surface area contributed by atoms with Crippen LogP contribution in [0.4, 0.5) is 4.79 Å². The first kappa shape index (κ1) is 11.9. The molecule has 0 saturated carbocycles. The zero-order chi connectivity index (χ0) is 12.3. The predicted octanol–water partition coefficient (Wildman–Crippen LogP) is 1.78. The van der Waals surface area contributed by atoms with E-state index in [0.717, 1.165) is 12.0 Å². The molecule has 1 N–H and O–H groups in total. The molecule has 1 fully saturated rings. The number of aliphatic hydroxyl groups is 1. The number of benzene rings is 1. The highest BCUT2D eigenvalue weighted by molar-refractivity contribution is 5.70. The highest BCUT2D eigenvalue weighted by atomic mass is 16.6. The lowest BCUT2D eigenvalue weighted by atomic mass is 9.88. The molecule has 92 valence electrons. The van der Waals surface area contributed by atoms with Gasteiger partial charge in [-0.2, -0.15) is 0 Å². The smallest absolute Gasteiger partial charge is 0.410 e. The van der Waals surface area contributed by atoms with Crippen molar-refractivity contribution in [2.45, 2.75) is 25.5 Å². The first-order valence-corrected chi connectivity index (χ1v) is 5.75. The Balaban J connectivity index is 1.86. The molecule has 1 saturated heterocycles. The fourth-order valence-corrected chi connectivity index (χ4v) is 1.88. The van der Waals surface area contributed by atoms with E-state index in [1.165, 1.54) is 0 Å². The number of amides is 1. The van der Waals surface area contributed by atoms with Gasteiger partial charge in [0.2, 0.25) is 0 Å². The highest BCUT2D eigenvalue weighted by Crippen LogP contribution is 2.30. The topological polar surface area (TPSA) is 49.8 Å². The number of carbonyl (C=O) groups excluding carboxylic acids is 1. The SMILES string of the molecule is C[C@@]1(CO)CCN1C(=O)OCc1ccccc1. The van der Waals surface area contributed by atoms with Gasteiger partial charge >= 0.3 is 6.09 Å². The van der Waals surface area contributed by atoms with Crippen molar-refractivity contribution in [1.82, 2.24) is 4.90 Å². The van der Waals surface area contributed by atoms with Gasteiger partial charge in [-0.25, -0.2) is 4.79 Å². The number of hydrogen-bond donors (Lipinski definition) is 1. The highest BCUT2D eigenvalue weighted by Gasteiger charge is 2.43. The molecular formula is C13H17NO3. The molecule has 0 unspecified atom stereocenters. The van der Waals surface area contributed by atoms with E-state index < -0.39 is 5.54 Å². The van der Waals surface area contributed by atoms with Gasteiger partial charge in [-0.05, 0) is 18.9 Å². The first-order chi connectivity index (χ1) is 8.15. The van der Waals surface area contributed by atoms with Gasteiger partial charge in [0.25, 0.3) is 0 Å². The number of hydrogen-bond acceptors (Lipinski definition) is 3. The van der Waals surface area contributed by atoms with Gasteiger partial charge in [0.1, 0.15) is 6.61 Å². The maximum absolute atomic E-state index is 11.8. The largest absolute Gasteiger partial charge is 0.445 e. The average Bonchev–Trinajstić information content (AvgIpc) is 2.35. The fourth-order valence-electron chi connectivity index (χ4n) is 1.88. The van der Waals surface area contributed by atoms with E-state index in [4.69, 9.17) is 4.74 Å². The summed E-state index contributed by atoms with van der Waals surface area (Å²) in [6.45, 7) is 2.77. The summed E-state index contributed by atoms with van der Waals surface area (Å²) in [5.74, 6) is 0. The van der Waals surface area contributed by atoms with Crippen LogP contribution in [-0.2, 0) is 11.3 Å². The van der Waals surface area contributed by atoms with Gasteiger partial charge in [0, 0.05) is 6.54 Å². The molecule has 0 aliphatic carbocycles. The average molecular weight is 235 g/mol. The Hall–Kier alpha value is -1.55. The van der Waals surface area contributed by atoms with E-state index in [-0.39, 0.29) is 19.3 Å². The van der Waals surface area contributed by atoms with E-state index in [1.54, 1.807) is 4.90 Å². The van der Waals surface area contributed by atoms with Crippen molar-refractivity contribution in [3.05, 3.63) is 35.9 Å². The van der Waals surface area contributed by atoms with Crippen molar-refractivity contribution >= 4 is 6.09 Å². The van der Waals surface area contributed by atoms with Gasteiger partial charge in [0.15, 0.2) is 0 Å². The van der Waals surface area contributed by atoms with Crippen molar-refractivity contribution in [2.75, 3.05) is 13.2 Å². The fraction of sp³-hybridized carbons (Fsp3) is 0.462. The van der Waals surface area contributed by atoms with E-state index in [2.05, 4.69) is 0 Å². The molecule has 4 nitrogen and oxygen atoms in total. The minimum absolute atomic E-state index is 0.0204. The second kappa shape index (κ2) is 4.75. The van der Waals surface area contributed by atoms with E-state index in [9.17, 15) is 9.90 Å².